The average Bonchev–Trinajstić information content (AvgIpc) is 3.02. The molecule has 3 rings (SSSR count). The van der Waals surface area contributed by atoms with Gasteiger partial charge >= 0.3 is 0 Å². The molecule has 1 aromatic heterocycles. The summed E-state index contributed by atoms with van der Waals surface area (Å²) in [5, 5.41) is 11.1. The molecule has 0 atom stereocenters. The minimum absolute atomic E-state index is 0.593. The second-order valence-electron chi connectivity index (χ2n) is 4.60. The number of nitrogens with two attached hydrogens (primary N) is 1. The summed E-state index contributed by atoms with van der Waals surface area (Å²) in [5.74, 6) is 0. The lowest BCUT2D eigenvalue weighted by Gasteiger charge is -2.07. The summed E-state index contributed by atoms with van der Waals surface area (Å²) in [6, 6.07) is 3.74. The first kappa shape index (κ1) is 11.1. The number of rotatable bonds is 4. The minimum Gasteiger partial charge on any atom is -0.397 e. The highest BCUT2D eigenvalue weighted by molar-refractivity contribution is 5.94. The van der Waals surface area contributed by atoms with Crippen LogP contribution in [0.2, 0.25) is 0 Å². The van der Waals surface area contributed by atoms with Crippen molar-refractivity contribution in [3.8, 4) is 0 Å². The molecule has 5 heteroatoms. The van der Waals surface area contributed by atoms with Gasteiger partial charge in [-0.05, 0) is 48.1 Å². The number of allylic oxidation sites excluding steroid dienone is 1. The van der Waals surface area contributed by atoms with Crippen LogP contribution in [0.15, 0.2) is 28.4 Å². The molecule has 0 saturated heterocycles. The van der Waals surface area contributed by atoms with E-state index in [2.05, 4.69) is 21.7 Å². The Bertz CT molecular complexity index is 588. The number of nitrogen functional groups attached to an aromatic ring is 1. The van der Waals surface area contributed by atoms with Crippen molar-refractivity contribution >= 4 is 22.4 Å². The van der Waals surface area contributed by atoms with E-state index >= 15 is 0 Å². The molecule has 18 heavy (non-hydrogen) atoms. The van der Waals surface area contributed by atoms with Gasteiger partial charge in [-0.1, -0.05) is 11.6 Å². The maximum Gasteiger partial charge on any atom is 0.160 e. The van der Waals surface area contributed by atoms with Gasteiger partial charge in [0.05, 0.1) is 11.4 Å². The Balaban J connectivity index is 1.70. The highest BCUT2D eigenvalue weighted by atomic mass is 16.6. The molecule has 2 aromatic rings. The van der Waals surface area contributed by atoms with Crippen LogP contribution >= 0.6 is 0 Å². The molecule has 0 amide bonds. The molecule has 0 spiro atoms. The van der Waals surface area contributed by atoms with Crippen LogP contribution in [0, 0.1) is 0 Å². The Kier molecular flexibility index (Phi) is 2.88. The van der Waals surface area contributed by atoms with Crippen LogP contribution in [0.25, 0.3) is 11.0 Å². The average molecular weight is 244 g/mol. The Morgan fingerprint density at radius 2 is 2.17 bits per heavy atom. The standard InChI is InChI=1S/C13H16N4O/c14-10-5-6-11(13-12(10)16-18-17-13)15-8-7-9-3-1-2-4-9/h3,5-6,15H,1-2,4,7-8,14H2. The maximum atomic E-state index is 5.80. The fourth-order valence-corrected chi connectivity index (χ4v) is 2.35. The van der Waals surface area contributed by atoms with Gasteiger partial charge in [0, 0.05) is 6.54 Å². The van der Waals surface area contributed by atoms with E-state index in [1.807, 2.05) is 12.1 Å². The lowest BCUT2D eigenvalue weighted by Crippen LogP contribution is -2.03. The Labute approximate surface area is 105 Å². The zero-order chi connectivity index (χ0) is 12.4. The number of anilines is 2. The predicted molar refractivity (Wildman–Crippen MR) is 71.3 cm³/mol. The molecule has 94 valence electrons. The molecule has 3 N–H and O–H groups in total. The van der Waals surface area contributed by atoms with Crippen molar-refractivity contribution < 1.29 is 4.63 Å². The van der Waals surface area contributed by atoms with Crippen LogP contribution in [0.1, 0.15) is 25.7 Å². The summed E-state index contributed by atoms with van der Waals surface area (Å²) in [6.45, 7) is 0.901. The highest BCUT2D eigenvalue weighted by Crippen LogP contribution is 2.26. The van der Waals surface area contributed by atoms with E-state index in [-0.39, 0.29) is 0 Å². The smallest absolute Gasteiger partial charge is 0.160 e. The summed E-state index contributed by atoms with van der Waals surface area (Å²) in [7, 11) is 0. The van der Waals surface area contributed by atoms with Crippen LogP contribution in [0.5, 0.6) is 0 Å². The summed E-state index contributed by atoms with van der Waals surface area (Å²) in [6.07, 6.45) is 7.20. The van der Waals surface area contributed by atoms with Gasteiger partial charge in [-0.15, -0.1) is 0 Å². The zero-order valence-corrected chi connectivity index (χ0v) is 10.1. The monoisotopic (exact) mass is 244 g/mol. The van der Waals surface area contributed by atoms with Gasteiger partial charge in [0.1, 0.15) is 0 Å². The first-order chi connectivity index (χ1) is 8.84. The largest absolute Gasteiger partial charge is 0.397 e. The minimum atomic E-state index is 0.593. The van der Waals surface area contributed by atoms with Gasteiger partial charge in [-0.3, -0.25) is 0 Å². The topological polar surface area (TPSA) is 77.0 Å². The molecular formula is C13H16N4O. The van der Waals surface area contributed by atoms with Crippen molar-refractivity contribution in [2.75, 3.05) is 17.6 Å². The third kappa shape index (κ3) is 2.03. The number of nitrogens with zero attached hydrogens (tertiary/aromatic N) is 2. The highest BCUT2D eigenvalue weighted by Gasteiger charge is 2.10. The fraction of sp³-hybridized carbons (Fsp3) is 0.385. The third-order valence-corrected chi connectivity index (χ3v) is 3.34. The molecule has 0 saturated carbocycles. The van der Waals surface area contributed by atoms with E-state index in [4.69, 9.17) is 10.4 Å². The number of benzene rings is 1. The van der Waals surface area contributed by atoms with Crippen molar-refractivity contribution in [2.24, 2.45) is 0 Å². The van der Waals surface area contributed by atoms with E-state index < -0.39 is 0 Å². The summed E-state index contributed by atoms with van der Waals surface area (Å²) < 4.78 is 4.73. The summed E-state index contributed by atoms with van der Waals surface area (Å²) in [5.41, 5.74) is 10.2. The lowest BCUT2D eigenvalue weighted by atomic mass is 10.1. The third-order valence-electron chi connectivity index (χ3n) is 3.34. The summed E-state index contributed by atoms with van der Waals surface area (Å²) >= 11 is 0. The van der Waals surface area contributed by atoms with E-state index in [0.29, 0.717) is 16.7 Å². The van der Waals surface area contributed by atoms with Crippen LogP contribution < -0.4 is 11.1 Å². The molecule has 1 aliphatic carbocycles. The van der Waals surface area contributed by atoms with E-state index in [0.717, 1.165) is 18.7 Å². The first-order valence-electron chi connectivity index (χ1n) is 6.27. The molecule has 0 unspecified atom stereocenters. The van der Waals surface area contributed by atoms with Crippen LogP contribution in [-0.2, 0) is 0 Å². The van der Waals surface area contributed by atoms with Gasteiger partial charge in [0.2, 0.25) is 0 Å². The molecule has 5 nitrogen and oxygen atoms in total. The molecule has 1 heterocycles. The molecule has 0 radical (unpaired) electrons. The normalized spacial score (nSPS) is 15.0. The zero-order valence-electron chi connectivity index (χ0n) is 10.1. The molecule has 0 fully saturated rings. The van der Waals surface area contributed by atoms with E-state index in [1.165, 1.54) is 19.3 Å². The number of fused-ring (bicyclic) bond motifs is 1. The van der Waals surface area contributed by atoms with Crippen molar-refractivity contribution in [3.05, 3.63) is 23.8 Å². The van der Waals surface area contributed by atoms with Gasteiger partial charge < -0.3 is 11.1 Å². The van der Waals surface area contributed by atoms with E-state index in [1.54, 1.807) is 5.57 Å². The Morgan fingerprint density at radius 3 is 3.00 bits per heavy atom. The molecule has 1 aromatic carbocycles. The maximum absolute atomic E-state index is 5.80. The summed E-state index contributed by atoms with van der Waals surface area (Å²) in [4.78, 5) is 0. The number of hydrogen-bond acceptors (Lipinski definition) is 5. The van der Waals surface area contributed by atoms with Crippen molar-refractivity contribution in [1.29, 1.82) is 0 Å². The lowest BCUT2D eigenvalue weighted by molar-refractivity contribution is 0.316. The molecule has 1 aliphatic rings. The first-order valence-corrected chi connectivity index (χ1v) is 6.27. The second kappa shape index (κ2) is 4.68. The van der Waals surface area contributed by atoms with Crippen LogP contribution in [0.3, 0.4) is 0 Å². The number of hydrogen-bond donors (Lipinski definition) is 2. The van der Waals surface area contributed by atoms with Crippen molar-refractivity contribution in [1.82, 2.24) is 10.3 Å². The Hall–Kier alpha value is -2.04. The molecule has 0 bridgehead atoms. The van der Waals surface area contributed by atoms with Crippen molar-refractivity contribution in [2.45, 2.75) is 25.7 Å². The molecular weight excluding hydrogens is 228 g/mol. The molecule has 0 aliphatic heterocycles. The van der Waals surface area contributed by atoms with Crippen LogP contribution in [0.4, 0.5) is 11.4 Å². The van der Waals surface area contributed by atoms with Gasteiger partial charge in [-0.2, -0.15) is 0 Å². The van der Waals surface area contributed by atoms with Gasteiger partial charge in [0.15, 0.2) is 11.0 Å². The second-order valence-corrected chi connectivity index (χ2v) is 4.60. The predicted octanol–water partition coefficient (Wildman–Crippen LogP) is 2.72. The fourth-order valence-electron chi connectivity index (χ4n) is 2.35. The van der Waals surface area contributed by atoms with Crippen LogP contribution in [-0.4, -0.2) is 16.9 Å². The number of aromatic nitrogens is 2. The van der Waals surface area contributed by atoms with Gasteiger partial charge in [-0.25, -0.2) is 4.63 Å². The quantitative estimate of drug-likeness (QED) is 0.638. The van der Waals surface area contributed by atoms with E-state index in [9.17, 15) is 0 Å². The van der Waals surface area contributed by atoms with Crippen molar-refractivity contribution in [3.63, 3.8) is 0 Å². The van der Waals surface area contributed by atoms with Gasteiger partial charge in [0.25, 0.3) is 0 Å². The number of nitrogens with one attached hydrogen (secondary N) is 1. The SMILES string of the molecule is Nc1ccc(NCCC2=CCCC2)c2nonc12. The Morgan fingerprint density at radius 1 is 1.28 bits per heavy atom.